The highest BCUT2D eigenvalue weighted by atomic mass is 35.5. The van der Waals surface area contributed by atoms with E-state index in [-0.39, 0.29) is 12.5 Å². The lowest BCUT2D eigenvalue weighted by atomic mass is 10.1. The first-order valence-electron chi connectivity index (χ1n) is 7.61. The Bertz CT molecular complexity index is 873. The van der Waals surface area contributed by atoms with Gasteiger partial charge in [0.05, 0.1) is 0 Å². The van der Waals surface area contributed by atoms with Gasteiger partial charge >= 0.3 is 0 Å². The van der Waals surface area contributed by atoms with Crippen LogP contribution in [0, 0.1) is 13.8 Å². The molecule has 1 N–H and O–H groups in total. The molecule has 0 aliphatic carbocycles. The average Bonchev–Trinajstić information content (AvgIpc) is 3.07. The molecule has 0 atom stereocenters. The number of amides is 1. The largest absolute Gasteiger partial charge is 0.484 e. The van der Waals surface area contributed by atoms with Crippen molar-refractivity contribution in [2.45, 2.75) is 13.8 Å². The predicted octanol–water partition coefficient (Wildman–Crippen LogP) is 4.49. The third-order valence-electron chi connectivity index (χ3n) is 3.48. The van der Waals surface area contributed by atoms with Gasteiger partial charge in [-0.15, -0.1) is 0 Å². The number of hydrogen-bond donors (Lipinski definition) is 1. The molecule has 0 unspecified atom stereocenters. The van der Waals surface area contributed by atoms with Crippen molar-refractivity contribution in [2.75, 3.05) is 11.9 Å². The minimum Gasteiger partial charge on any atom is -0.484 e. The molecule has 0 aliphatic heterocycles. The highest BCUT2D eigenvalue weighted by Gasteiger charge is 2.11. The lowest BCUT2D eigenvalue weighted by Crippen LogP contribution is -2.20. The van der Waals surface area contributed by atoms with Gasteiger partial charge in [-0.1, -0.05) is 41.9 Å². The summed E-state index contributed by atoms with van der Waals surface area (Å²) in [5.74, 6) is 0.906. The number of halogens is 1. The van der Waals surface area contributed by atoms with Crippen LogP contribution in [0.2, 0.25) is 5.02 Å². The van der Waals surface area contributed by atoms with Gasteiger partial charge in [-0.05, 0) is 37.1 Å². The average molecular weight is 374 g/mol. The predicted molar refractivity (Wildman–Crippen MR) is 100 cm³/mol. The topological polar surface area (TPSA) is 64.1 Å². The van der Waals surface area contributed by atoms with Gasteiger partial charge in [-0.3, -0.25) is 10.1 Å². The van der Waals surface area contributed by atoms with Crippen molar-refractivity contribution < 1.29 is 9.53 Å². The molecule has 0 aliphatic rings. The number of rotatable bonds is 5. The van der Waals surface area contributed by atoms with E-state index in [0.29, 0.717) is 21.7 Å². The van der Waals surface area contributed by atoms with Gasteiger partial charge in [-0.25, -0.2) is 0 Å². The minimum absolute atomic E-state index is 0.110. The van der Waals surface area contributed by atoms with Crippen LogP contribution in [0.4, 0.5) is 5.13 Å². The first-order valence-corrected chi connectivity index (χ1v) is 8.76. The van der Waals surface area contributed by atoms with Crippen molar-refractivity contribution >= 4 is 34.2 Å². The zero-order valence-electron chi connectivity index (χ0n) is 13.7. The van der Waals surface area contributed by atoms with Crippen molar-refractivity contribution in [3.63, 3.8) is 0 Å². The van der Waals surface area contributed by atoms with E-state index >= 15 is 0 Å². The van der Waals surface area contributed by atoms with Crippen molar-refractivity contribution in [1.82, 2.24) is 9.36 Å². The maximum absolute atomic E-state index is 12.0. The van der Waals surface area contributed by atoms with Crippen LogP contribution in [0.25, 0.3) is 11.4 Å². The first kappa shape index (κ1) is 17.4. The van der Waals surface area contributed by atoms with Gasteiger partial charge < -0.3 is 4.74 Å². The van der Waals surface area contributed by atoms with Crippen molar-refractivity contribution in [3.05, 3.63) is 58.6 Å². The number of hydrogen-bond acceptors (Lipinski definition) is 5. The molecule has 128 valence electrons. The zero-order valence-corrected chi connectivity index (χ0v) is 15.3. The normalized spacial score (nSPS) is 10.5. The molecule has 2 aromatic carbocycles. The molecule has 25 heavy (non-hydrogen) atoms. The van der Waals surface area contributed by atoms with E-state index in [4.69, 9.17) is 16.3 Å². The molecule has 5 nitrogen and oxygen atoms in total. The smallest absolute Gasteiger partial charge is 0.264 e. The maximum atomic E-state index is 12.0. The van der Waals surface area contributed by atoms with Crippen LogP contribution >= 0.6 is 23.1 Å². The number of carbonyl (C=O) groups is 1. The molecule has 0 spiro atoms. The summed E-state index contributed by atoms with van der Waals surface area (Å²) in [4.78, 5) is 16.4. The summed E-state index contributed by atoms with van der Waals surface area (Å²) in [6.45, 7) is 3.68. The molecule has 0 saturated carbocycles. The standard InChI is InChI=1S/C18H16ClN3O2S/c1-11-8-14(9-12(2)16(11)19)24-10-15(23)20-18-21-17(22-25-18)13-6-4-3-5-7-13/h3-9H,10H2,1-2H3,(H,20,21,22,23). The van der Waals surface area contributed by atoms with Gasteiger partial charge in [-0.2, -0.15) is 9.36 Å². The Morgan fingerprint density at radius 1 is 1.20 bits per heavy atom. The van der Waals surface area contributed by atoms with Gasteiger partial charge in [0.15, 0.2) is 12.4 Å². The summed E-state index contributed by atoms with van der Waals surface area (Å²) >= 11 is 7.26. The molecule has 3 rings (SSSR count). The molecule has 1 heterocycles. The number of aryl methyl sites for hydroxylation is 2. The van der Waals surface area contributed by atoms with E-state index in [1.165, 1.54) is 0 Å². The Labute approximate surface area is 154 Å². The summed E-state index contributed by atoms with van der Waals surface area (Å²) < 4.78 is 9.78. The molecule has 0 fully saturated rings. The first-order chi connectivity index (χ1) is 12.0. The van der Waals surface area contributed by atoms with Gasteiger partial charge in [0, 0.05) is 22.1 Å². The van der Waals surface area contributed by atoms with Gasteiger partial charge in [0.25, 0.3) is 5.91 Å². The van der Waals surface area contributed by atoms with Crippen LogP contribution in [0.5, 0.6) is 5.75 Å². The van der Waals surface area contributed by atoms with E-state index in [2.05, 4.69) is 14.7 Å². The molecular weight excluding hydrogens is 358 g/mol. The molecule has 0 radical (unpaired) electrons. The summed E-state index contributed by atoms with van der Waals surface area (Å²) in [6.07, 6.45) is 0. The number of nitrogens with zero attached hydrogens (tertiary/aromatic N) is 2. The monoisotopic (exact) mass is 373 g/mol. The molecule has 0 bridgehead atoms. The number of aromatic nitrogens is 2. The van der Waals surface area contributed by atoms with E-state index < -0.39 is 0 Å². The number of nitrogens with one attached hydrogen (secondary N) is 1. The van der Waals surface area contributed by atoms with Crippen LogP contribution in [-0.2, 0) is 4.79 Å². The molecule has 1 amide bonds. The maximum Gasteiger partial charge on any atom is 0.264 e. The second-order valence-electron chi connectivity index (χ2n) is 5.50. The Hall–Kier alpha value is -2.44. The van der Waals surface area contributed by atoms with E-state index in [1.54, 1.807) is 12.1 Å². The molecule has 1 aromatic heterocycles. The zero-order chi connectivity index (χ0) is 17.8. The minimum atomic E-state index is -0.291. The van der Waals surface area contributed by atoms with Crippen LogP contribution in [0.3, 0.4) is 0 Å². The molecule has 7 heteroatoms. The van der Waals surface area contributed by atoms with Crippen LogP contribution in [-0.4, -0.2) is 21.9 Å². The van der Waals surface area contributed by atoms with Gasteiger partial charge in [0.1, 0.15) is 5.75 Å². The molecule has 3 aromatic rings. The fourth-order valence-corrected chi connectivity index (χ4v) is 2.99. The highest BCUT2D eigenvalue weighted by Crippen LogP contribution is 2.26. The second-order valence-corrected chi connectivity index (χ2v) is 6.63. The van der Waals surface area contributed by atoms with E-state index in [1.807, 2.05) is 44.2 Å². The summed E-state index contributed by atoms with van der Waals surface area (Å²) in [6, 6.07) is 13.2. The van der Waals surface area contributed by atoms with E-state index in [0.717, 1.165) is 28.2 Å². The highest BCUT2D eigenvalue weighted by molar-refractivity contribution is 7.10. The van der Waals surface area contributed by atoms with Crippen molar-refractivity contribution in [3.8, 4) is 17.1 Å². The number of ether oxygens (including phenoxy) is 1. The number of carbonyl (C=O) groups excluding carboxylic acids is 1. The fourth-order valence-electron chi connectivity index (χ4n) is 2.27. The Morgan fingerprint density at radius 2 is 1.88 bits per heavy atom. The Morgan fingerprint density at radius 3 is 2.56 bits per heavy atom. The summed E-state index contributed by atoms with van der Waals surface area (Å²) in [5.41, 5.74) is 2.73. The summed E-state index contributed by atoms with van der Waals surface area (Å²) in [5, 5.41) is 3.85. The second kappa shape index (κ2) is 7.63. The van der Waals surface area contributed by atoms with E-state index in [9.17, 15) is 4.79 Å². The lowest BCUT2D eigenvalue weighted by Gasteiger charge is -2.09. The number of benzene rings is 2. The number of anilines is 1. The van der Waals surface area contributed by atoms with Crippen molar-refractivity contribution in [2.24, 2.45) is 0 Å². The van der Waals surface area contributed by atoms with Crippen LogP contribution in [0.1, 0.15) is 11.1 Å². The fraction of sp³-hybridized carbons (Fsp3) is 0.167. The third-order valence-corrected chi connectivity index (χ3v) is 4.71. The third kappa shape index (κ3) is 4.35. The Balaban J connectivity index is 1.59. The van der Waals surface area contributed by atoms with Crippen LogP contribution < -0.4 is 10.1 Å². The Kier molecular flexibility index (Phi) is 5.31. The summed E-state index contributed by atoms with van der Waals surface area (Å²) in [7, 11) is 0. The van der Waals surface area contributed by atoms with Crippen LogP contribution in [0.15, 0.2) is 42.5 Å². The molecular formula is C18H16ClN3O2S. The van der Waals surface area contributed by atoms with Gasteiger partial charge in [0.2, 0.25) is 5.13 Å². The lowest BCUT2D eigenvalue weighted by molar-refractivity contribution is -0.118. The SMILES string of the molecule is Cc1cc(OCC(=O)Nc2nc(-c3ccccc3)ns2)cc(C)c1Cl. The molecule has 0 saturated heterocycles. The van der Waals surface area contributed by atoms with Crippen molar-refractivity contribution in [1.29, 1.82) is 0 Å². The quantitative estimate of drug-likeness (QED) is 0.715.